The predicted octanol–water partition coefficient (Wildman–Crippen LogP) is 0.741. The van der Waals surface area contributed by atoms with Crippen molar-refractivity contribution in [2.75, 3.05) is 27.2 Å². The maximum Gasteiger partial charge on any atom is 0.290 e. The largest absolute Gasteiger partial charge is 0.483 e. The first-order valence-corrected chi connectivity index (χ1v) is 9.61. The molecule has 2 N–H and O–H groups in total. The number of fused-ring (bicyclic) bond motifs is 1. The summed E-state index contributed by atoms with van der Waals surface area (Å²) in [5.41, 5.74) is 1.39. The van der Waals surface area contributed by atoms with Gasteiger partial charge in [0.05, 0.1) is 17.4 Å². The molecule has 1 aromatic heterocycles. The third-order valence-electron chi connectivity index (χ3n) is 5.86. The number of aliphatic hydroxyl groups is 1. The quantitative estimate of drug-likeness (QED) is 0.730. The SMILES string of the molecule is CN(C)[C@@H]1C[C@@H]2CN(C(=O)c3ccccc3-n3cncn3)C[C@@H]2C[C@H]1O.O=CO. The molecule has 1 aliphatic heterocycles. The summed E-state index contributed by atoms with van der Waals surface area (Å²) in [7, 11) is 4.03. The van der Waals surface area contributed by atoms with E-state index in [0.29, 0.717) is 23.9 Å². The van der Waals surface area contributed by atoms with E-state index in [4.69, 9.17) is 9.90 Å². The van der Waals surface area contributed by atoms with Gasteiger partial charge in [0.1, 0.15) is 12.7 Å². The second-order valence-electron chi connectivity index (χ2n) is 7.76. The number of nitrogens with zero attached hydrogens (tertiary/aromatic N) is 5. The molecule has 1 aliphatic carbocycles. The Bertz CT molecular complexity index is 826. The molecule has 1 saturated heterocycles. The van der Waals surface area contributed by atoms with Crippen LogP contribution < -0.4 is 0 Å². The fourth-order valence-corrected chi connectivity index (χ4v) is 4.49. The van der Waals surface area contributed by atoms with Gasteiger partial charge in [0, 0.05) is 19.1 Å². The molecule has 1 amide bonds. The number of rotatable bonds is 3. The molecule has 0 unspecified atom stereocenters. The molecule has 2 aromatic rings. The van der Waals surface area contributed by atoms with Crippen LogP contribution in [0.15, 0.2) is 36.9 Å². The zero-order chi connectivity index (χ0) is 21.0. The molecule has 156 valence electrons. The number of amides is 1. The Labute approximate surface area is 169 Å². The molecule has 9 heteroatoms. The van der Waals surface area contributed by atoms with Crippen LogP contribution >= 0.6 is 0 Å². The number of aromatic nitrogens is 3. The van der Waals surface area contributed by atoms with Gasteiger partial charge in [-0.3, -0.25) is 9.59 Å². The first kappa shape index (κ1) is 20.9. The Morgan fingerprint density at radius 3 is 2.48 bits per heavy atom. The lowest BCUT2D eigenvalue weighted by molar-refractivity contribution is -0.122. The number of aliphatic hydroxyl groups excluding tert-OH is 1. The predicted molar refractivity (Wildman–Crippen MR) is 106 cm³/mol. The third kappa shape index (κ3) is 4.46. The lowest BCUT2D eigenvalue weighted by atomic mass is 9.77. The van der Waals surface area contributed by atoms with E-state index in [-0.39, 0.29) is 24.5 Å². The van der Waals surface area contributed by atoms with Gasteiger partial charge in [-0.05, 0) is 50.9 Å². The van der Waals surface area contributed by atoms with Crippen molar-refractivity contribution in [3.05, 3.63) is 42.5 Å². The van der Waals surface area contributed by atoms with E-state index in [9.17, 15) is 9.90 Å². The molecule has 0 bridgehead atoms. The van der Waals surface area contributed by atoms with Crippen molar-refractivity contribution in [3.8, 4) is 5.69 Å². The Hall–Kier alpha value is -2.78. The van der Waals surface area contributed by atoms with Crippen LogP contribution in [-0.2, 0) is 4.79 Å². The summed E-state index contributed by atoms with van der Waals surface area (Å²) in [5, 5.41) is 21.5. The first-order valence-electron chi connectivity index (χ1n) is 9.61. The smallest absolute Gasteiger partial charge is 0.290 e. The van der Waals surface area contributed by atoms with E-state index >= 15 is 0 Å². The fourth-order valence-electron chi connectivity index (χ4n) is 4.49. The molecule has 4 rings (SSSR count). The zero-order valence-electron chi connectivity index (χ0n) is 16.6. The van der Waals surface area contributed by atoms with Crippen molar-refractivity contribution in [1.82, 2.24) is 24.6 Å². The number of carbonyl (C=O) groups is 2. The second-order valence-corrected chi connectivity index (χ2v) is 7.76. The third-order valence-corrected chi connectivity index (χ3v) is 5.86. The van der Waals surface area contributed by atoms with Crippen molar-refractivity contribution >= 4 is 12.4 Å². The van der Waals surface area contributed by atoms with E-state index < -0.39 is 0 Å². The van der Waals surface area contributed by atoms with Crippen LogP contribution in [0, 0.1) is 11.8 Å². The first-order chi connectivity index (χ1) is 14.0. The van der Waals surface area contributed by atoms with E-state index in [0.717, 1.165) is 25.1 Å². The number of carbonyl (C=O) groups excluding carboxylic acids is 1. The molecule has 0 spiro atoms. The van der Waals surface area contributed by atoms with Crippen LogP contribution in [0.2, 0.25) is 0 Å². The van der Waals surface area contributed by atoms with Crippen molar-refractivity contribution in [1.29, 1.82) is 0 Å². The Kier molecular flexibility index (Phi) is 6.60. The highest BCUT2D eigenvalue weighted by atomic mass is 16.3. The standard InChI is InChI=1S/C19H25N5O2.CH2O2/c1-22(2)17-7-13-9-23(10-14(13)8-18(17)25)19(26)15-5-3-4-6-16(15)24-12-20-11-21-24;2-1-3/h3-6,11-14,17-18,25H,7-10H2,1-2H3;1H,(H,2,3)/t13-,14+,17-,18-;/m1./s1. The van der Waals surface area contributed by atoms with Crippen molar-refractivity contribution in [3.63, 3.8) is 0 Å². The van der Waals surface area contributed by atoms with Crippen LogP contribution in [0.4, 0.5) is 0 Å². The van der Waals surface area contributed by atoms with Crippen LogP contribution in [0.1, 0.15) is 23.2 Å². The van der Waals surface area contributed by atoms with Gasteiger partial charge in [0.25, 0.3) is 12.4 Å². The van der Waals surface area contributed by atoms with Crippen LogP contribution in [0.3, 0.4) is 0 Å². The van der Waals surface area contributed by atoms with Crippen molar-refractivity contribution in [2.24, 2.45) is 11.8 Å². The average Bonchev–Trinajstić information content (AvgIpc) is 3.37. The molecule has 2 fully saturated rings. The van der Waals surface area contributed by atoms with Crippen LogP contribution in [0.25, 0.3) is 5.69 Å². The zero-order valence-corrected chi connectivity index (χ0v) is 16.6. The number of para-hydroxylation sites is 1. The van der Waals surface area contributed by atoms with E-state index in [1.54, 1.807) is 11.0 Å². The monoisotopic (exact) mass is 401 g/mol. The summed E-state index contributed by atoms with van der Waals surface area (Å²) in [6, 6.07) is 7.68. The molecule has 2 aliphatic rings. The Balaban J connectivity index is 0.000000755. The van der Waals surface area contributed by atoms with E-state index in [2.05, 4.69) is 15.0 Å². The van der Waals surface area contributed by atoms with Crippen LogP contribution in [0.5, 0.6) is 0 Å². The summed E-state index contributed by atoms with van der Waals surface area (Å²) in [6.45, 7) is 1.22. The summed E-state index contributed by atoms with van der Waals surface area (Å²) < 4.78 is 1.63. The van der Waals surface area contributed by atoms with Gasteiger partial charge in [-0.25, -0.2) is 9.67 Å². The maximum absolute atomic E-state index is 13.2. The van der Waals surface area contributed by atoms with Crippen molar-refractivity contribution in [2.45, 2.75) is 25.0 Å². The summed E-state index contributed by atoms with van der Waals surface area (Å²) in [4.78, 5) is 29.6. The highest BCUT2D eigenvalue weighted by Crippen LogP contribution is 2.38. The van der Waals surface area contributed by atoms with Gasteiger partial charge in [0.15, 0.2) is 0 Å². The molecule has 0 radical (unpaired) electrons. The molecule has 29 heavy (non-hydrogen) atoms. The number of likely N-dealkylation sites (tertiary alicyclic amines) is 1. The molecular weight excluding hydrogens is 374 g/mol. The van der Waals surface area contributed by atoms with Gasteiger partial charge in [0.2, 0.25) is 0 Å². The number of hydrogen-bond donors (Lipinski definition) is 2. The highest BCUT2D eigenvalue weighted by molar-refractivity contribution is 5.98. The summed E-state index contributed by atoms with van der Waals surface area (Å²) in [6.07, 6.45) is 4.46. The lowest BCUT2D eigenvalue weighted by Gasteiger charge is -2.38. The van der Waals surface area contributed by atoms with Gasteiger partial charge in [-0.1, -0.05) is 12.1 Å². The molecule has 9 nitrogen and oxygen atoms in total. The molecular formula is C20H27N5O4. The fraction of sp³-hybridized carbons (Fsp3) is 0.500. The Morgan fingerprint density at radius 1 is 1.21 bits per heavy atom. The van der Waals surface area contributed by atoms with Gasteiger partial charge in [-0.15, -0.1) is 0 Å². The number of likely N-dealkylation sites (N-methyl/N-ethyl adjacent to an activating group) is 1. The lowest BCUT2D eigenvalue weighted by Crippen LogP contribution is -2.46. The normalized spacial score (nSPS) is 25.9. The Morgan fingerprint density at radius 2 is 1.86 bits per heavy atom. The summed E-state index contributed by atoms with van der Waals surface area (Å²) in [5.74, 6) is 0.860. The van der Waals surface area contributed by atoms with Gasteiger partial charge in [-0.2, -0.15) is 5.10 Å². The topological polar surface area (TPSA) is 112 Å². The highest BCUT2D eigenvalue weighted by Gasteiger charge is 2.43. The van der Waals surface area contributed by atoms with Gasteiger partial charge >= 0.3 is 0 Å². The average molecular weight is 401 g/mol. The minimum Gasteiger partial charge on any atom is -0.483 e. The second kappa shape index (κ2) is 9.15. The maximum atomic E-state index is 13.2. The van der Waals surface area contributed by atoms with E-state index in [1.807, 2.05) is 43.3 Å². The molecule has 2 heterocycles. The van der Waals surface area contributed by atoms with Gasteiger partial charge < -0.3 is 20.0 Å². The number of benzene rings is 1. The number of carboxylic acid groups (broad SMARTS) is 1. The number of hydrogen-bond acceptors (Lipinski definition) is 6. The molecule has 4 atom stereocenters. The summed E-state index contributed by atoms with van der Waals surface area (Å²) >= 11 is 0. The minimum atomic E-state index is -0.316. The minimum absolute atomic E-state index is 0.0291. The van der Waals surface area contributed by atoms with E-state index in [1.165, 1.54) is 6.33 Å². The molecule has 1 saturated carbocycles. The van der Waals surface area contributed by atoms with Crippen molar-refractivity contribution < 1.29 is 19.8 Å². The van der Waals surface area contributed by atoms with Crippen LogP contribution in [-0.4, -0.2) is 86.5 Å². The molecule has 1 aromatic carbocycles.